The second-order valence-electron chi connectivity index (χ2n) is 3.69. The molecule has 0 saturated heterocycles. The Morgan fingerprint density at radius 2 is 2.12 bits per heavy atom. The molecular weight excluding hydrogens is 236 g/mol. The van der Waals surface area contributed by atoms with Crippen molar-refractivity contribution < 1.29 is 9.90 Å². The van der Waals surface area contributed by atoms with Crippen LogP contribution in [-0.4, -0.2) is 34.0 Å². The van der Waals surface area contributed by atoms with Crippen LogP contribution in [0.3, 0.4) is 0 Å². The Morgan fingerprint density at radius 1 is 1.47 bits per heavy atom. The SMILES string of the molecule is CCN(CC)Cc1nc(C)c(/C=C/C(=O)O)s1. The normalized spacial score (nSPS) is 11.5. The van der Waals surface area contributed by atoms with Crippen LogP contribution in [0.25, 0.3) is 6.08 Å². The summed E-state index contributed by atoms with van der Waals surface area (Å²) >= 11 is 1.56. The van der Waals surface area contributed by atoms with Gasteiger partial charge in [0.25, 0.3) is 0 Å². The number of carbonyl (C=O) groups is 1. The molecule has 0 aliphatic heterocycles. The van der Waals surface area contributed by atoms with Gasteiger partial charge in [0.2, 0.25) is 0 Å². The highest BCUT2D eigenvalue weighted by atomic mass is 32.1. The van der Waals surface area contributed by atoms with Gasteiger partial charge < -0.3 is 5.11 Å². The van der Waals surface area contributed by atoms with Crippen LogP contribution in [0.15, 0.2) is 6.08 Å². The number of rotatable bonds is 6. The third-order valence-corrected chi connectivity index (χ3v) is 3.61. The fraction of sp³-hybridized carbons (Fsp3) is 0.500. The Bertz CT molecular complexity index is 409. The van der Waals surface area contributed by atoms with Crippen LogP contribution in [0.2, 0.25) is 0 Å². The van der Waals surface area contributed by atoms with Gasteiger partial charge in [0, 0.05) is 6.08 Å². The van der Waals surface area contributed by atoms with Crippen LogP contribution in [0, 0.1) is 6.92 Å². The maximum atomic E-state index is 10.5. The molecule has 4 nitrogen and oxygen atoms in total. The van der Waals surface area contributed by atoms with Gasteiger partial charge in [-0.15, -0.1) is 11.3 Å². The molecule has 5 heteroatoms. The van der Waals surface area contributed by atoms with Crippen LogP contribution in [0.1, 0.15) is 29.4 Å². The summed E-state index contributed by atoms with van der Waals surface area (Å²) in [4.78, 5) is 18.1. The highest BCUT2D eigenvalue weighted by molar-refractivity contribution is 7.12. The number of hydrogen-bond donors (Lipinski definition) is 1. The van der Waals surface area contributed by atoms with Crippen molar-refractivity contribution in [2.75, 3.05) is 13.1 Å². The molecule has 94 valence electrons. The summed E-state index contributed by atoms with van der Waals surface area (Å²) in [6.07, 6.45) is 2.77. The number of carboxylic acid groups (broad SMARTS) is 1. The van der Waals surface area contributed by atoms with Crippen molar-refractivity contribution in [3.63, 3.8) is 0 Å². The second kappa shape index (κ2) is 6.51. The Kier molecular flexibility index (Phi) is 5.31. The molecule has 0 atom stereocenters. The summed E-state index contributed by atoms with van der Waals surface area (Å²) < 4.78 is 0. The summed E-state index contributed by atoms with van der Waals surface area (Å²) in [6, 6.07) is 0. The van der Waals surface area contributed by atoms with Crippen molar-refractivity contribution in [2.45, 2.75) is 27.3 Å². The molecule has 1 aromatic heterocycles. The lowest BCUT2D eigenvalue weighted by Gasteiger charge is -2.15. The first-order chi connectivity index (χ1) is 8.06. The monoisotopic (exact) mass is 254 g/mol. The molecule has 0 amide bonds. The molecule has 0 aliphatic rings. The smallest absolute Gasteiger partial charge is 0.328 e. The predicted octanol–water partition coefficient (Wildman–Crippen LogP) is 2.39. The topological polar surface area (TPSA) is 53.4 Å². The minimum atomic E-state index is -0.928. The standard InChI is InChI=1S/C12H18N2O2S/c1-4-14(5-2)8-11-13-9(3)10(17-11)6-7-12(15)16/h6-7H,4-5,8H2,1-3H3,(H,15,16)/b7-6+. The van der Waals surface area contributed by atoms with E-state index >= 15 is 0 Å². The Labute approximate surface area is 106 Å². The summed E-state index contributed by atoms with van der Waals surface area (Å²) in [5.74, 6) is -0.928. The minimum Gasteiger partial charge on any atom is -0.478 e. The summed E-state index contributed by atoms with van der Waals surface area (Å²) in [7, 11) is 0. The molecule has 1 heterocycles. The van der Waals surface area contributed by atoms with E-state index in [1.165, 1.54) is 0 Å². The molecule has 0 radical (unpaired) electrons. The molecule has 0 saturated carbocycles. The number of aliphatic carboxylic acids is 1. The van der Waals surface area contributed by atoms with E-state index in [4.69, 9.17) is 5.11 Å². The van der Waals surface area contributed by atoms with Crippen molar-refractivity contribution in [1.29, 1.82) is 0 Å². The first-order valence-electron chi connectivity index (χ1n) is 5.66. The van der Waals surface area contributed by atoms with Gasteiger partial charge in [-0.1, -0.05) is 13.8 Å². The first-order valence-corrected chi connectivity index (χ1v) is 6.48. The number of hydrogen-bond acceptors (Lipinski definition) is 4. The third kappa shape index (κ3) is 4.28. The Balaban J connectivity index is 2.77. The first kappa shape index (κ1) is 13.9. The van der Waals surface area contributed by atoms with Crippen molar-refractivity contribution in [3.8, 4) is 0 Å². The maximum Gasteiger partial charge on any atom is 0.328 e. The largest absolute Gasteiger partial charge is 0.478 e. The fourth-order valence-corrected chi connectivity index (χ4v) is 2.49. The average molecular weight is 254 g/mol. The highest BCUT2D eigenvalue weighted by Gasteiger charge is 2.08. The lowest BCUT2D eigenvalue weighted by atomic mass is 10.3. The average Bonchev–Trinajstić information content (AvgIpc) is 2.64. The molecule has 1 aromatic rings. The van der Waals surface area contributed by atoms with E-state index < -0.39 is 5.97 Å². The van der Waals surface area contributed by atoms with Gasteiger partial charge in [0.15, 0.2) is 0 Å². The van der Waals surface area contributed by atoms with Crippen molar-refractivity contribution in [1.82, 2.24) is 9.88 Å². The van der Waals surface area contributed by atoms with Gasteiger partial charge in [-0.05, 0) is 26.1 Å². The molecule has 17 heavy (non-hydrogen) atoms. The lowest BCUT2D eigenvalue weighted by Crippen LogP contribution is -2.21. The fourth-order valence-electron chi connectivity index (χ4n) is 1.47. The van der Waals surface area contributed by atoms with E-state index in [9.17, 15) is 4.79 Å². The van der Waals surface area contributed by atoms with E-state index in [-0.39, 0.29) is 0 Å². The third-order valence-electron chi connectivity index (χ3n) is 2.51. The predicted molar refractivity (Wildman–Crippen MR) is 70.1 cm³/mol. The molecule has 1 rings (SSSR count). The van der Waals surface area contributed by atoms with E-state index in [0.29, 0.717) is 0 Å². The van der Waals surface area contributed by atoms with Gasteiger partial charge in [0.1, 0.15) is 5.01 Å². The quantitative estimate of drug-likeness (QED) is 0.792. The van der Waals surface area contributed by atoms with Gasteiger partial charge in [-0.25, -0.2) is 9.78 Å². The molecular formula is C12H18N2O2S. The number of thiazole rings is 1. The van der Waals surface area contributed by atoms with Crippen LogP contribution in [0.5, 0.6) is 0 Å². The number of carboxylic acids is 1. The van der Waals surface area contributed by atoms with Crippen LogP contribution in [-0.2, 0) is 11.3 Å². The number of nitrogens with zero attached hydrogens (tertiary/aromatic N) is 2. The molecule has 0 unspecified atom stereocenters. The van der Waals surface area contributed by atoms with Crippen LogP contribution >= 0.6 is 11.3 Å². The summed E-state index contributed by atoms with van der Waals surface area (Å²) in [5, 5.41) is 9.62. The lowest BCUT2D eigenvalue weighted by molar-refractivity contribution is -0.131. The van der Waals surface area contributed by atoms with E-state index in [1.807, 2.05) is 6.92 Å². The molecule has 1 N–H and O–H groups in total. The minimum absolute atomic E-state index is 0.833. The Hall–Kier alpha value is -1.20. The second-order valence-corrected chi connectivity index (χ2v) is 4.81. The highest BCUT2D eigenvalue weighted by Crippen LogP contribution is 2.20. The number of aromatic nitrogens is 1. The van der Waals surface area contributed by atoms with E-state index in [2.05, 4.69) is 23.7 Å². The van der Waals surface area contributed by atoms with Crippen molar-refractivity contribution >= 4 is 23.4 Å². The maximum absolute atomic E-state index is 10.5. The van der Waals surface area contributed by atoms with E-state index in [1.54, 1.807) is 17.4 Å². The van der Waals surface area contributed by atoms with Gasteiger partial charge in [-0.2, -0.15) is 0 Å². The van der Waals surface area contributed by atoms with Crippen LogP contribution in [0.4, 0.5) is 0 Å². The van der Waals surface area contributed by atoms with Gasteiger partial charge in [-0.3, -0.25) is 4.90 Å². The molecule has 0 spiro atoms. The number of aryl methyl sites for hydroxylation is 1. The molecule has 0 fully saturated rings. The van der Waals surface area contributed by atoms with Crippen molar-refractivity contribution in [2.24, 2.45) is 0 Å². The zero-order chi connectivity index (χ0) is 12.8. The molecule has 0 aliphatic carbocycles. The van der Waals surface area contributed by atoms with Crippen LogP contribution < -0.4 is 0 Å². The zero-order valence-corrected chi connectivity index (χ0v) is 11.3. The summed E-state index contributed by atoms with van der Waals surface area (Å²) in [6.45, 7) is 8.97. The summed E-state index contributed by atoms with van der Waals surface area (Å²) in [5.41, 5.74) is 0.898. The van der Waals surface area contributed by atoms with Gasteiger partial charge >= 0.3 is 5.97 Å². The van der Waals surface area contributed by atoms with E-state index in [0.717, 1.165) is 41.3 Å². The van der Waals surface area contributed by atoms with Crippen molar-refractivity contribution in [3.05, 3.63) is 21.7 Å². The zero-order valence-electron chi connectivity index (χ0n) is 10.4. The molecule has 0 aromatic carbocycles. The molecule has 0 bridgehead atoms. The van der Waals surface area contributed by atoms with Gasteiger partial charge in [0.05, 0.1) is 17.1 Å². The Morgan fingerprint density at radius 3 is 2.65 bits per heavy atom.